The summed E-state index contributed by atoms with van der Waals surface area (Å²) in [5, 5.41) is 9.43. The van der Waals surface area contributed by atoms with E-state index in [4.69, 9.17) is 21.6 Å². The van der Waals surface area contributed by atoms with E-state index >= 15 is 0 Å². The molecule has 0 unspecified atom stereocenters. The minimum absolute atomic E-state index is 0.263. The molecule has 2 aromatic heterocycles. The smallest absolute Gasteiger partial charge is 0.207 e. The zero-order chi connectivity index (χ0) is 16.1. The summed E-state index contributed by atoms with van der Waals surface area (Å²) < 4.78 is 6.98. The Morgan fingerprint density at radius 3 is 2.91 bits per heavy atom. The van der Waals surface area contributed by atoms with Gasteiger partial charge in [0, 0.05) is 12.4 Å². The summed E-state index contributed by atoms with van der Waals surface area (Å²) in [6.45, 7) is 1.87. The van der Waals surface area contributed by atoms with Crippen molar-refractivity contribution in [2.75, 3.05) is 13.2 Å². The maximum atomic E-state index is 8.98. The van der Waals surface area contributed by atoms with Crippen LogP contribution in [0.2, 0.25) is 5.15 Å². The molecule has 0 atom stereocenters. The number of nitriles is 1. The highest BCUT2D eigenvalue weighted by molar-refractivity contribution is 6.29. The zero-order valence-electron chi connectivity index (χ0n) is 12.2. The Labute approximate surface area is 138 Å². The van der Waals surface area contributed by atoms with E-state index in [1.165, 1.54) is 0 Å². The fourth-order valence-corrected chi connectivity index (χ4v) is 2.25. The Morgan fingerprint density at radius 2 is 2.26 bits per heavy atom. The van der Waals surface area contributed by atoms with Crippen LogP contribution in [-0.4, -0.2) is 22.8 Å². The van der Waals surface area contributed by atoms with Gasteiger partial charge in [-0.05, 0) is 23.8 Å². The lowest BCUT2D eigenvalue weighted by atomic mass is 10.1. The van der Waals surface area contributed by atoms with Crippen molar-refractivity contribution in [2.45, 2.75) is 6.54 Å². The van der Waals surface area contributed by atoms with Crippen molar-refractivity contribution in [3.8, 4) is 18.0 Å². The van der Waals surface area contributed by atoms with Gasteiger partial charge in [0.1, 0.15) is 5.15 Å². The average Bonchev–Trinajstić information content (AvgIpc) is 2.51. The average molecular weight is 325 g/mol. The van der Waals surface area contributed by atoms with Gasteiger partial charge in [0.15, 0.2) is 5.49 Å². The first-order valence-electron chi connectivity index (χ1n) is 7.08. The maximum absolute atomic E-state index is 8.98. The van der Waals surface area contributed by atoms with Crippen molar-refractivity contribution in [3.63, 3.8) is 0 Å². The van der Waals surface area contributed by atoms with Gasteiger partial charge >= 0.3 is 0 Å². The molecule has 0 bridgehead atoms. The van der Waals surface area contributed by atoms with Crippen molar-refractivity contribution in [1.29, 1.82) is 5.26 Å². The summed E-state index contributed by atoms with van der Waals surface area (Å²) in [7, 11) is 0. The van der Waals surface area contributed by atoms with Gasteiger partial charge in [0.25, 0.3) is 0 Å². The third kappa shape index (κ3) is 3.78. The van der Waals surface area contributed by atoms with E-state index in [1.807, 2.05) is 35.2 Å². The number of halogens is 1. The van der Waals surface area contributed by atoms with Gasteiger partial charge in [0.2, 0.25) is 6.19 Å². The first-order chi connectivity index (χ1) is 11.3. The monoisotopic (exact) mass is 324 g/mol. The lowest BCUT2D eigenvalue weighted by Crippen LogP contribution is -2.26. The predicted molar refractivity (Wildman–Crippen MR) is 85.1 cm³/mol. The molecule has 3 heterocycles. The first-order valence-corrected chi connectivity index (χ1v) is 7.46. The quantitative estimate of drug-likeness (QED) is 0.482. The van der Waals surface area contributed by atoms with Crippen molar-refractivity contribution < 1.29 is 4.74 Å². The standard InChI is InChI=1S/C17H13ClN4O/c18-16-6-4-13(8-20-16)9-22-7-1-2-15(17(22)21-12-19)5-3-14-10-23-11-14/h1-2,4,6-8,14H,9-11H2/b21-17+. The van der Waals surface area contributed by atoms with E-state index in [0.717, 1.165) is 11.1 Å². The minimum Gasteiger partial charge on any atom is -0.379 e. The Bertz CT molecular complexity index is 864. The fraction of sp³-hybridized carbons (Fsp3) is 0.235. The third-order valence-corrected chi connectivity index (χ3v) is 3.61. The van der Waals surface area contributed by atoms with E-state index in [0.29, 0.717) is 30.4 Å². The number of nitrogens with zero attached hydrogens (tertiary/aromatic N) is 4. The Hall–Kier alpha value is -2.60. The Morgan fingerprint density at radius 1 is 1.39 bits per heavy atom. The van der Waals surface area contributed by atoms with Gasteiger partial charge in [-0.2, -0.15) is 10.3 Å². The Kier molecular flexibility index (Phi) is 4.73. The highest BCUT2D eigenvalue weighted by atomic mass is 35.5. The van der Waals surface area contributed by atoms with Gasteiger partial charge in [0.05, 0.1) is 31.2 Å². The molecular weight excluding hydrogens is 312 g/mol. The minimum atomic E-state index is 0.263. The van der Waals surface area contributed by atoms with Crippen LogP contribution >= 0.6 is 11.6 Å². The van der Waals surface area contributed by atoms with Crippen molar-refractivity contribution in [2.24, 2.45) is 10.9 Å². The molecule has 0 N–H and O–H groups in total. The molecule has 0 saturated carbocycles. The molecule has 1 saturated heterocycles. The third-order valence-electron chi connectivity index (χ3n) is 3.39. The highest BCUT2D eigenvalue weighted by Gasteiger charge is 2.14. The van der Waals surface area contributed by atoms with Crippen LogP contribution in [-0.2, 0) is 11.3 Å². The topological polar surface area (TPSA) is 63.2 Å². The molecule has 1 fully saturated rings. The molecule has 0 radical (unpaired) electrons. The van der Waals surface area contributed by atoms with E-state index in [1.54, 1.807) is 12.3 Å². The molecule has 1 aliphatic heterocycles. The number of hydrogen-bond donors (Lipinski definition) is 0. The summed E-state index contributed by atoms with van der Waals surface area (Å²) in [5.41, 5.74) is 2.23. The van der Waals surface area contributed by atoms with Crippen LogP contribution in [0.25, 0.3) is 0 Å². The summed E-state index contributed by atoms with van der Waals surface area (Å²) in [6, 6.07) is 7.38. The number of pyridine rings is 2. The molecule has 6 heteroatoms. The second-order valence-corrected chi connectivity index (χ2v) is 5.47. The molecule has 5 nitrogen and oxygen atoms in total. The lowest BCUT2D eigenvalue weighted by Gasteiger charge is -2.20. The highest BCUT2D eigenvalue weighted by Crippen LogP contribution is 2.08. The largest absolute Gasteiger partial charge is 0.379 e. The van der Waals surface area contributed by atoms with Gasteiger partial charge in [-0.15, -0.1) is 0 Å². The molecule has 1 aliphatic rings. The van der Waals surface area contributed by atoms with E-state index in [-0.39, 0.29) is 5.92 Å². The summed E-state index contributed by atoms with van der Waals surface area (Å²) in [4.78, 5) is 8.00. The van der Waals surface area contributed by atoms with E-state index in [2.05, 4.69) is 21.8 Å². The summed E-state index contributed by atoms with van der Waals surface area (Å²) >= 11 is 5.80. The summed E-state index contributed by atoms with van der Waals surface area (Å²) in [6.07, 6.45) is 5.42. The van der Waals surface area contributed by atoms with Crippen LogP contribution in [0.4, 0.5) is 0 Å². The van der Waals surface area contributed by atoms with E-state index < -0.39 is 0 Å². The van der Waals surface area contributed by atoms with Gasteiger partial charge in [-0.3, -0.25) is 0 Å². The van der Waals surface area contributed by atoms with Crippen LogP contribution in [0.1, 0.15) is 11.1 Å². The number of hydrogen-bond acceptors (Lipinski definition) is 4. The number of aromatic nitrogens is 2. The molecule has 3 rings (SSSR count). The summed E-state index contributed by atoms with van der Waals surface area (Å²) in [5.74, 6) is 6.51. The van der Waals surface area contributed by atoms with Crippen molar-refractivity contribution in [3.05, 3.63) is 58.4 Å². The van der Waals surface area contributed by atoms with Crippen molar-refractivity contribution >= 4 is 11.6 Å². The van der Waals surface area contributed by atoms with Crippen LogP contribution in [0.15, 0.2) is 41.7 Å². The van der Waals surface area contributed by atoms with Crippen LogP contribution in [0, 0.1) is 29.2 Å². The molecule has 114 valence electrons. The molecule has 0 aromatic carbocycles. The SMILES string of the molecule is N#C/N=c1\c(C#CC2COC2)cccn1Cc1ccc(Cl)nc1. The van der Waals surface area contributed by atoms with Gasteiger partial charge in [-0.1, -0.05) is 29.5 Å². The van der Waals surface area contributed by atoms with Crippen molar-refractivity contribution in [1.82, 2.24) is 9.55 Å². The number of ether oxygens (including phenoxy) is 1. The molecule has 0 amide bonds. The fourth-order valence-electron chi connectivity index (χ4n) is 2.14. The second-order valence-electron chi connectivity index (χ2n) is 5.08. The van der Waals surface area contributed by atoms with Crippen LogP contribution in [0.5, 0.6) is 0 Å². The molecular formula is C17H13ClN4O. The molecule has 2 aromatic rings. The number of rotatable bonds is 2. The normalized spacial score (nSPS) is 14.5. The van der Waals surface area contributed by atoms with Gasteiger partial charge < -0.3 is 9.30 Å². The first kappa shape index (κ1) is 15.3. The van der Waals surface area contributed by atoms with Gasteiger partial charge in [-0.25, -0.2) is 4.98 Å². The predicted octanol–water partition coefficient (Wildman–Crippen LogP) is 1.96. The maximum Gasteiger partial charge on any atom is 0.207 e. The van der Waals surface area contributed by atoms with E-state index in [9.17, 15) is 0 Å². The van der Waals surface area contributed by atoms with Crippen LogP contribution < -0.4 is 5.49 Å². The molecule has 0 aliphatic carbocycles. The van der Waals surface area contributed by atoms with Crippen LogP contribution in [0.3, 0.4) is 0 Å². The molecule has 23 heavy (non-hydrogen) atoms. The second kappa shape index (κ2) is 7.11. The lowest BCUT2D eigenvalue weighted by molar-refractivity contribution is -0.00300. The molecule has 0 spiro atoms. The zero-order valence-corrected chi connectivity index (χ0v) is 13.0. The Balaban J connectivity index is 1.96.